The molecule has 0 aliphatic carbocycles. The molecule has 0 radical (unpaired) electrons. The van der Waals surface area contributed by atoms with Gasteiger partial charge in [-0.15, -0.1) is 0 Å². The summed E-state index contributed by atoms with van der Waals surface area (Å²) in [6.45, 7) is 3.54. The zero-order valence-corrected chi connectivity index (χ0v) is 17.1. The van der Waals surface area contributed by atoms with Gasteiger partial charge in [-0.2, -0.15) is 0 Å². The Bertz CT molecular complexity index is 1150. The Morgan fingerprint density at radius 3 is 2.55 bits per heavy atom. The highest BCUT2D eigenvalue weighted by Crippen LogP contribution is 2.31. The van der Waals surface area contributed by atoms with Crippen LogP contribution in [0.25, 0.3) is 21.8 Å². The Balaban J connectivity index is 1.39. The summed E-state index contributed by atoms with van der Waals surface area (Å²) in [6, 6.07) is 21.7. The fourth-order valence-corrected chi connectivity index (χ4v) is 3.78. The standard InChI is InChI=1S/C24H23ClN2O2/c1-2-27-22-7-4-3-6-20(22)21-16-18(11-14-23(21)27)26-24(28)8-5-15-29-19-12-9-17(25)10-13-19/h3-4,6-7,9-14,16H,2,5,8,15H2,1H3,(H,26,28). The molecular weight excluding hydrogens is 384 g/mol. The Hall–Kier alpha value is -2.98. The van der Waals surface area contributed by atoms with Gasteiger partial charge in [-0.05, 0) is 61.9 Å². The van der Waals surface area contributed by atoms with Crippen LogP contribution in [0.4, 0.5) is 5.69 Å². The molecule has 0 aliphatic heterocycles. The van der Waals surface area contributed by atoms with Crippen molar-refractivity contribution in [2.45, 2.75) is 26.3 Å². The number of hydrogen-bond donors (Lipinski definition) is 1. The van der Waals surface area contributed by atoms with E-state index in [2.05, 4.69) is 47.1 Å². The highest BCUT2D eigenvalue weighted by molar-refractivity contribution is 6.30. The number of amides is 1. The summed E-state index contributed by atoms with van der Waals surface area (Å²) in [5.74, 6) is 0.746. The predicted molar refractivity (Wildman–Crippen MR) is 120 cm³/mol. The maximum Gasteiger partial charge on any atom is 0.224 e. The summed E-state index contributed by atoms with van der Waals surface area (Å²) < 4.78 is 7.94. The molecule has 0 unspecified atom stereocenters. The molecular formula is C24H23ClN2O2. The molecule has 148 valence electrons. The largest absolute Gasteiger partial charge is 0.494 e. The smallest absolute Gasteiger partial charge is 0.224 e. The minimum atomic E-state index is -0.0108. The molecule has 0 bridgehead atoms. The molecule has 0 aliphatic rings. The van der Waals surface area contributed by atoms with Gasteiger partial charge in [0.1, 0.15) is 5.75 Å². The second kappa shape index (κ2) is 8.58. The number of benzene rings is 3. The van der Waals surface area contributed by atoms with Crippen LogP contribution < -0.4 is 10.1 Å². The third-order valence-corrected chi connectivity index (χ3v) is 5.25. The van der Waals surface area contributed by atoms with E-state index in [0.29, 0.717) is 24.5 Å². The first-order valence-electron chi connectivity index (χ1n) is 9.85. The fourth-order valence-electron chi connectivity index (χ4n) is 3.65. The number of anilines is 1. The molecule has 0 saturated carbocycles. The van der Waals surface area contributed by atoms with Crippen LogP contribution in [0.3, 0.4) is 0 Å². The second-order valence-corrected chi connectivity index (χ2v) is 7.38. The average Bonchev–Trinajstić information content (AvgIpc) is 3.05. The molecule has 1 N–H and O–H groups in total. The molecule has 1 aromatic heterocycles. The van der Waals surface area contributed by atoms with E-state index in [1.165, 1.54) is 16.4 Å². The summed E-state index contributed by atoms with van der Waals surface area (Å²) in [6.07, 6.45) is 1.05. The van der Waals surface area contributed by atoms with E-state index >= 15 is 0 Å². The number of carbonyl (C=O) groups is 1. The Labute approximate surface area is 175 Å². The van der Waals surface area contributed by atoms with Crippen molar-refractivity contribution in [2.24, 2.45) is 0 Å². The number of fused-ring (bicyclic) bond motifs is 3. The fraction of sp³-hybridized carbons (Fsp3) is 0.208. The van der Waals surface area contributed by atoms with Gasteiger partial charge in [-0.25, -0.2) is 0 Å². The monoisotopic (exact) mass is 406 g/mol. The van der Waals surface area contributed by atoms with E-state index in [1.807, 2.05) is 24.3 Å². The SMILES string of the molecule is CCn1c2ccccc2c2cc(NC(=O)CCCOc3ccc(Cl)cc3)ccc21. The molecule has 0 saturated heterocycles. The van der Waals surface area contributed by atoms with Gasteiger partial charge < -0.3 is 14.6 Å². The number of aryl methyl sites for hydroxylation is 1. The van der Waals surface area contributed by atoms with Crippen molar-refractivity contribution in [3.63, 3.8) is 0 Å². The van der Waals surface area contributed by atoms with Crippen molar-refractivity contribution in [2.75, 3.05) is 11.9 Å². The van der Waals surface area contributed by atoms with Crippen molar-refractivity contribution < 1.29 is 9.53 Å². The highest BCUT2D eigenvalue weighted by atomic mass is 35.5. The van der Waals surface area contributed by atoms with Gasteiger partial charge in [-0.3, -0.25) is 4.79 Å². The van der Waals surface area contributed by atoms with Gasteiger partial charge in [0, 0.05) is 45.5 Å². The normalized spacial score (nSPS) is 11.1. The van der Waals surface area contributed by atoms with Crippen molar-refractivity contribution in [1.82, 2.24) is 4.57 Å². The lowest BCUT2D eigenvalue weighted by Crippen LogP contribution is -2.12. The number of para-hydroxylation sites is 1. The van der Waals surface area contributed by atoms with E-state index in [4.69, 9.17) is 16.3 Å². The molecule has 0 atom stereocenters. The van der Waals surface area contributed by atoms with Crippen molar-refractivity contribution in [3.8, 4) is 5.75 Å². The van der Waals surface area contributed by atoms with Gasteiger partial charge in [0.05, 0.1) is 6.61 Å². The minimum Gasteiger partial charge on any atom is -0.494 e. The zero-order chi connectivity index (χ0) is 20.2. The van der Waals surface area contributed by atoms with Crippen LogP contribution >= 0.6 is 11.6 Å². The van der Waals surface area contributed by atoms with Crippen LogP contribution in [0, 0.1) is 0 Å². The average molecular weight is 407 g/mol. The van der Waals surface area contributed by atoms with Crippen molar-refractivity contribution in [1.29, 1.82) is 0 Å². The quantitative estimate of drug-likeness (QED) is 0.368. The summed E-state index contributed by atoms with van der Waals surface area (Å²) in [5, 5.41) is 6.05. The third-order valence-electron chi connectivity index (χ3n) is 5.00. The summed E-state index contributed by atoms with van der Waals surface area (Å²) in [7, 11) is 0. The minimum absolute atomic E-state index is 0.0108. The van der Waals surface area contributed by atoms with Crippen LogP contribution in [-0.2, 0) is 11.3 Å². The summed E-state index contributed by atoms with van der Waals surface area (Å²) >= 11 is 5.86. The molecule has 0 fully saturated rings. The van der Waals surface area contributed by atoms with Crippen LogP contribution in [0.15, 0.2) is 66.7 Å². The Morgan fingerprint density at radius 1 is 1.00 bits per heavy atom. The van der Waals surface area contributed by atoms with Gasteiger partial charge in [0.2, 0.25) is 5.91 Å². The lowest BCUT2D eigenvalue weighted by Gasteiger charge is -2.08. The number of ether oxygens (including phenoxy) is 1. The molecule has 1 heterocycles. The van der Waals surface area contributed by atoms with Gasteiger partial charge >= 0.3 is 0 Å². The number of aromatic nitrogens is 1. The van der Waals surface area contributed by atoms with E-state index in [9.17, 15) is 4.79 Å². The molecule has 1 amide bonds. The Kier molecular flexibility index (Phi) is 5.72. The van der Waals surface area contributed by atoms with Crippen LogP contribution in [0.2, 0.25) is 5.02 Å². The highest BCUT2D eigenvalue weighted by Gasteiger charge is 2.10. The van der Waals surface area contributed by atoms with E-state index in [-0.39, 0.29) is 5.91 Å². The molecule has 0 spiro atoms. The Morgan fingerprint density at radius 2 is 1.76 bits per heavy atom. The first kappa shape index (κ1) is 19.3. The number of halogens is 1. The molecule has 5 heteroatoms. The van der Waals surface area contributed by atoms with Crippen molar-refractivity contribution in [3.05, 3.63) is 71.8 Å². The van der Waals surface area contributed by atoms with Crippen LogP contribution in [-0.4, -0.2) is 17.1 Å². The topological polar surface area (TPSA) is 43.3 Å². The predicted octanol–water partition coefficient (Wildman–Crippen LogP) is 6.27. The van der Waals surface area contributed by atoms with Gasteiger partial charge in [0.25, 0.3) is 0 Å². The third kappa shape index (κ3) is 4.22. The molecule has 3 aromatic carbocycles. The van der Waals surface area contributed by atoms with E-state index in [0.717, 1.165) is 23.4 Å². The van der Waals surface area contributed by atoms with E-state index in [1.54, 1.807) is 12.1 Å². The molecule has 4 nitrogen and oxygen atoms in total. The first-order valence-corrected chi connectivity index (χ1v) is 10.2. The lowest BCUT2D eigenvalue weighted by molar-refractivity contribution is -0.116. The molecule has 29 heavy (non-hydrogen) atoms. The van der Waals surface area contributed by atoms with Gasteiger partial charge in [0.15, 0.2) is 0 Å². The number of nitrogens with one attached hydrogen (secondary N) is 1. The summed E-state index contributed by atoms with van der Waals surface area (Å²) in [5.41, 5.74) is 3.22. The summed E-state index contributed by atoms with van der Waals surface area (Å²) in [4.78, 5) is 12.3. The maximum absolute atomic E-state index is 12.3. The second-order valence-electron chi connectivity index (χ2n) is 6.95. The first-order chi connectivity index (χ1) is 14.2. The van der Waals surface area contributed by atoms with Crippen molar-refractivity contribution >= 4 is 45.0 Å². The number of nitrogens with zero attached hydrogens (tertiary/aromatic N) is 1. The lowest BCUT2D eigenvalue weighted by atomic mass is 10.1. The maximum atomic E-state index is 12.3. The number of rotatable bonds is 7. The number of hydrogen-bond acceptors (Lipinski definition) is 2. The number of carbonyl (C=O) groups excluding carboxylic acids is 1. The van der Waals surface area contributed by atoms with Crippen LogP contribution in [0.1, 0.15) is 19.8 Å². The van der Waals surface area contributed by atoms with E-state index < -0.39 is 0 Å². The molecule has 4 rings (SSSR count). The van der Waals surface area contributed by atoms with Gasteiger partial charge in [-0.1, -0.05) is 29.8 Å². The molecule has 4 aromatic rings. The van der Waals surface area contributed by atoms with Crippen LogP contribution in [0.5, 0.6) is 5.75 Å². The zero-order valence-electron chi connectivity index (χ0n) is 16.3.